The maximum atomic E-state index is 12.8. The van der Waals surface area contributed by atoms with Gasteiger partial charge >= 0.3 is 0 Å². The molecule has 106 valence electrons. The Morgan fingerprint density at radius 1 is 1.21 bits per heavy atom. The molecule has 1 aromatic heterocycles. The minimum absolute atomic E-state index is 0.314. The van der Waals surface area contributed by atoms with E-state index >= 15 is 0 Å². The Balaban J connectivity index is 2.95. The summed E-state index contributed by atoms with van der Waals surface area (Å²) in [5.74, 6) is 0.314. The molecule has 0 N–H and O–H groups in total. The average molecular weight is 262 g/mol. The van der Waals surface area contributed by atoms with Gasteiger partial charge in [-0.1, -0.05) is 33.8 Å². The van der Waals surface area contributed by atoms with Crippen molar-refractivity contribution in [3.05, 3.63) is 30.1 Å². The second-order valence-electron chi connectivity index (χ2n) is 4.87. The van der Waals surface area contributed by atoms with Gasteiger partial charge in [0.2, 0.25) is 0 Å². The van der Waals surface area contributed by atoms with E-state index in [9.17, 15) is 4.79 Å². The second kappa shape index (κ2) is 7.39. The molecule has 0 saturated heterocycles. The van der Waals surface area contributed by atoms with Gasteiger partial charge in [0.25, 0.3) is 0 Å². The SMILES string of the molecule is CCN(CC)C(CC)(CC)C(=O)Cc1cccnc1. The van der Waals surface area contributed by atoms with E-state index in [0.29, 0.717) is 12.2 Å². The van der Waals surface area contributed by atoms with Crippen molar-refractivity contribution in [2.75, 3.05) is 13.1 Å². The van der Waals surface area contributed by atoms with Gasteiger partial charge in [-0.2, -0.15) is 0 Å². The van der Waals surface area contributed by atoms with Crippen LogP contribution in [0.2, 0.25) is 0 Å². The molecule has 0 aliphatic rings. The summed E-state index contributed by atoms with van der Waals surface area (Å²) in [7, 11) is 0. The highest BCUT2D eigenvalue weighted by atomic mass is 16.1. The van der Waals surface area contributed by atoms with E-state index in [2.05, 4.69) is 37.6 Å². The molecule has 0 aliphatic heterocycles. The van der Waals surface area contributed by atoms with Crippen LogP contribution in [0.25, 0.3) is 0 Å². The normalized spacial score (nSPS) is 11.8. The Kier molecular flexibility index (Phi) is 6.16. The van der Waals surface area contributed by atoms with Crippen molar-refractivity contribution >= 4 is 5.78 Å². The first kappa shape index (κ1) is 15.8. The summed E-state index contributed by atoms with van der Waals surface area (Å²) in [6.45, 7) is 10.3. The van der Waals surface area contributed by atoms with E-state index in [0.717, 1.165) is 31.5 Å². The first-order chi connectivity index (χ1) is 9.14. The summed E-state index contributed by atoms with van der Waals surface area (Å²) < 4.78 is 0. The van der Waals surface area contributed by atoms with Crippen LogP contribution < -0.4 is 0 Å². The topological polar surface area (TPSA) is 33.2 Å². The minimum Gasteiger partial charge on any atom is -0.297 e. The molecule has 19 heavy (non-hydrogen) atoms. The minimum atomic E-state index is -0.320. The molecule has 0 bridgehead atoms. The lowest BCUT2D eigenvalue weighted by Gasteiger charge is -2.41. The highest BCUT2D eigenvalue weighted by Gasteiger charge is 2.38. The van der Waals surface area contributed by atoms with Crippen LogP contribution in [-0.4, -0.2) is 34.3 Å². The van der Waals surface area contributed by atoms with Gasteiger partial charge in [-0.3, -0.25) is 14.7 Å². The predicted octanol–water partition coefficient (Wildman–Crippen LogP) is 3.09. The summed E-state index contributed by atoms with van der Waals surface area (Å²) in [5.41, 5.74) is 0.685. The number of ketones is 1. The summed E-state index contributed by atoms with van der Waals surface area (Å²) in [6, 6.07) is 3.86. The molecular weight excluding hydrogens is 236 g/mol. The van der Waals surface area contributed by atoms with Crippen LogP contribution in [0.1, 0.15) is 46.1 Å². The molecule has 1 heterocycles. The molecule has 1 aromatic rings. The molecule has 0 amide bonds. The van der Waals surface area contributed by atoms with Gasteiger partial charge < -0.3 is 0 Å². The van der Waals surface area contributed by atoms with Gasteiger partial charge in [-0.25, -0.2) is 0 Å². The molecule has 0 aliphatic carbocycles. The molecule has 0 fully saturated rings. The third kappa shape index (κ3) is 3.41. The quantitative estimate of drug-likeness (QED) is 0.722. The van der Waals surface area contributed by atoms with E-state index in [1.54, 1.807) is 12.4 Å². The molecular formula is C16H26N2O. The standard InChI is InChI=1S/C16H26N2O/c1-5-16(6-2,18(7-3)8-4)15(19)12-14-10-9-11-17-13-14/h9-11,13H,5-8,12H2,1-4H3. The highest BCUT2D eigenvalue weighted by Crippen LogP contribution is 2.26. The van der Waals surface area contributed by atoms with E-state index < -0.39 is 0 Å². The third-order valence-corrected chi connectivity index (χ3v) is 4.15. The maximum absolute atomic E-state index is 12.8. The molecule has 0 unspecified atom stereocenters. The van der Waals surface area contributed by atoms with Gasteiger partial charge in [0.15, 0.2) is 5.78 Å². The Bertz CT molecular complexity index is 381. The fourth-order valence-electron chi connectivity index (χ4n) is 2.95. The lowest BCUT2D eigenvalue weighted by molar-refractivity contribution is -0.131. The number of aromatic nitrogens is 1. The van der Waals surface area contributed by atoms with Gasteiger partial charge in [0.05, 0.1) is 5.54 Å². The predicted molar refractivity (Wildman–Crippen MR) is 79.2 cm³/mol. The third-order valence-electron chi connectivity index (χ3n) is 4.15. The largest absolute Gasteiger partial charge is 0.297 e. The van der Waals surface area contributed by atoms with Crippen LogP contribution >= 0.6 is 0 Å². The summed E-state index contributed by atoms with van der Waals surface area (Å²) in [5, 5.41) is 0. The van der Waals surface area contributed by atoms with Crippen molar-refractivity contribution in [3.63, 3.8) is 0 Å². The first-order valence-electron chi connectivity index (χ1n) is 7.31. The fourth-order valence-corrected chi connectivity index (χ4v) is 2.95. The number of rotatable bonds is 8. The van der Waals surface area contributed by atoms with Crippen molar-refractivity contribution in [1.82, 2.24) is 9.88 Å². The van der Waals surface area contributed by atoms with E-state index in [-0.39, 0.29) is 5.54 Å². The summed E-state index contributed by atoms with van der Waals surface area (Å²) >= 11 is 0. The van der Waals surface area contributed by atoms with Gasteiger partial charge in [-0.05, 0) is 37.6 Å². The first-order valence-corrected chi connectivity index (χ1v) is 7.31. The molecule has 0 atom stereocenters. The highest BCUT2D eigenvalue weighted by molar-refractivity contribution is 5.90. The van der Waals surface area contributed by atoms with Gasteiger partial charge in [0, 0.05) is 18.8 Å². The van der Waals surface area contributed by atoms with Crippen molar-refractivity contribution in [3.8, 4) is 0 Å². The zero-order valence-corrected chi connectivity index (χ0v) is 12.6. The maximum Gasteiger partial charge on any atom is 0.157 e. The number of carbonyl (C=O) groups excluding carboxylic acids is 1. The Morgan fingerprint density at radius 3 is 2.26 bits per heavy atom. The summed E-state index contributed by atoms with van der Waals surface area (Å²) in [4.78, 5) is 19.2. The van der Waals surface area contributed by atoms with Crippen LogP contribution in [0.15, 0.2) is 24.5 Å². The van der Waals surface area contributed by atoms with Crippen molar-refractivity contribution in [2.24, 2.45) is 0 Å². The van der Waals surface area contributed by atoms with Gasteiger partial charge in [0.1, 0.15) is 0 Å². The lowest BCUT2D eigenvalue weighted by Crippen LogP contribution is -2.54. The number of likely N-dealkylation sites (N-methyl/N-ethyl adjacent to an activating group) is 1. The smallest absolute Gasteiger partial charge is 0.157 e. The van der Waals surface area contributed by atoms with Crippen molar-refractivity contribution in [1.29, 1.82) is 0 Å². The molecule has 3 nitrogen and oxygen atoms in total. The molecule has 0 saturated carbocycles. The average Bonchev–Trinajstić information content (AvgIpc) is 2.45. The van der Waals surface area contributed by atoms with Crippen LogP contribution in [-0.2, 0) is 11.2 Å². The van der Waals surface area contributed by atoms with E-state index in [1.807, 2.05) is 12.1 Å². The number of pyridine rings is 1. The van der Waals surface area contributed by atoms with Crippen LogP contribution in [0.5, 0.6) is 0 Å². The zero-order valence-electron chi connectivity index (χ0n) is 12.6. The molecule has 1 rings (SSSR count). The number of carbonyl (C=O) groups is 1. The van der Waals surface area contributed by atoms with Crippen LogP contribution in [0.4, 0.5) is 0 Å². The number of hydrogen-bond acceptors (Lipinski definition) is 3. The van der Waals surface area contributed by atoms with Crippen molar-refractivity contribution in [2.45, 2.75) is 52.5 Å². The van der Waals surface area contributed by atoms with Crippen LogP contribution in [0, 0.1) is 0 Å². The summed E-state index contributed by atoms with van der Waals surface area (Å²) in [6.07, 6.45) is 5.74. The fraction of sp³-hybridized carbons (Fsp3) is 0.625. The molecule has 0 aromatic carbocycles. The molecule has 0 radical (unpaired) electrons. The van der Waals surface area contributed by atoms with E-state index in [1.165, 1.54) is 0 Å². The number of Topliss-reactive ketones (excluding diaryl/α,β-unsaturated/α-hetero) is 1. The number of hydrogen-bond donors (Lipinski definition) is 0. The number of nitrogens with zero attached hydrogens (tertiary/aromatic N) is 2. The Labute approximate surface area is 117 Å². The Hall–Kier alpha value is -1.22. The van der Waals surface area contributed by atoms with Gasteiger partial charge in [-0.15, -0.1) is 0 Å². The van der Waals surface area contributed by atoms with E-state index in [4.69, 9.17) is 0 Å². The lowest BCUT2D eigenvalue weighted by atomic mass is 9.83. The van der Waals surface area contributed by atoms with Crippen molar-refractivity contribution < 1.29 is 4.79 Å². The molecule has 0 spiro atoms. The Morgan fingerprint density at radius 2 is 1.84 bits per heavy atom. The monoisotopic (exact) mass is 262 g/mol. The second-order valence-corrected chi connectivity index (χ2v) is 4.87. The molecule has 3 heteroatoms. The zero-order chi connectivity index (χ0) is 14.3. The van der Waals surface area contributed by atoms with Crippen LogP contribution in [0.3, 0.4) is 0 Å².